The summed E-state index contributed by atoms with van der Waals surface area (Å²) in [4.78, 5) is 0. The van der Waals surface area contributed by atoms with Crippen molar-refractivity contribution in [3.05, 3.63) is 59.7 Å². The maximum absolute atomic E-state index is 5.96. The van der Waals surface area contributed by atoms with Gasteiger partial charge in [-0.1, -0.05) is 0 Å². The summed E-state index contributed by atoms with van der Waals surface area (Å²) in [6.45, 7) is 0. The van der Waals surface area contributed by atoms with Gasteiger partial charge >= 0.3 is 0 Å². The monoisotopic (exact) mass is 268 g/mol. The molecule has 1 aliphatic rings. The summed E-state index contributed by atoms with van der Waals surface area (Å²) >= 11 is 0. The number of fused-ring (bicyclic) bond motifs is 1. The summed E-state index contributed by atoms with van der Waals surface area (Å²) in [6, 6.07) is 13.7. The van der Waals surface area contributed by atoms with Gasteiger partial charge in [-0.2, -0.15) is 0 Å². The minimum Gasteiger partial charge on any atom is -0.497 e. The van der Waals surface area contributed by atoms with Crippen LogP contribution in [0.3, 0.4) is 0 Å². The lowest BCUT2D eigenvalue weighted by atomic mass is 10.0. The SMILES string of the molecule is COc1ccc(C2=CCc3cc(OC)ccc3O2)cc1. The van der Waals surface area contributed by atoms with Crippen molar-refractivity contribution in [1.29, 1.82) is 0 Å². The molecule has 3 heteroatoms. The Labute approximate surface area is 118 Å². The van der Waals surface area contributed by atoms with Gasteiger partial charge in [-0.05, 0) is 55.0 Å². The Balaban J connectivity index is 1.85. The molecule has 0 amide bonds. The second kappa shape index (κ2) is 5.29. The molecule has 0 aliphatic carbocycles. The zero-order chi connectivity index (χ0) is 13.9. The largest absolute Gasteiger partial charge is 0.497 e. The van der Waals surface area contributed by atoms with Gasteiger partial charge in [0.05, 0.1) is 14.2 Å². The number of benzene rings is 2. The second-order valence-corrected chi connectivity index (χ2v) is 4.58. The van der Waals surface area contributed by atoms with E-state index in [0.29, 0.717) is 0 Å². The van der Waals surface area contributed by atoms with E-state index in [-0.39, 0.29) is 0 Å². The zero-order valence-corrected chi connectivity index (χ0v) is 11.6. The highest BCUT2D eigenvalue weighted by Crippen LogP contribution is 2.33. The van der Waals surface area contributed by atoms with Gasteiger partial charge in [-0.25, -0.2) is 0 Å². The van der Waals surface area contributed by atoms with Crippen LogP contribution in [0.5, 0.6) is 17.2 Å². The van der Waals surface area contributed by atoms with E-state index in [1.54, 1.807) is 14.2 Å². The maximum Gasteiger partial charge on any atom is 0.131 e. The van der Waals surface area contributed by atoms with Crippen LogP contribution in [0, 0.1) is 0 Å². The summed E-state index contributed by atoms with van der Waals surface area (Å²) in [5.41, 5.74) is 2.19. The maximum atomic E-state index is 5.96. The number of hydrogen-bond acceptors (Lipinski definition) is 3. The standard InChI is InChI=1S/C17H16O3/c1-18-14-6-3-12(4-7-14)16-9-5-13-11-15(19-2)8-10-17(13)20-16/h3-4,6-11H,5H2,1-2H3. The average Bonchev–Trinajstić information content (AvgIpc) is 2.54. The fourth-order valence-electron chi connectivity index (χ4n) is 2.24. The second-order valence-electron chi connectivity index (χ2n) is 4.58. The number of rotatable bonds is 3. The Bertz CT molecular complexity index is 642. The number of allylic oxidation sites excluding steroid dienone is 1. The number of methoxy groups -OCH3 is 2. The van der Waals surface area contributed by atoms with Crippen molar-refractivity contribution in [2.24, 2.45) is 0 Å². The lowest BCUT2D eigenvalue weighted by Crippen LogP contribution is -2.04. The summed E-state index contributed by atoms with van der Waals surface area (Å²) < 4.78 is 16.3. The van der Waals surface area contributed by atoms with Gasteiger partial charge in [-0.15, -0.1) is 0 Å². The quantitative estimate of drug-likeness (QED) is 0.850. The smallest absolute Gasteiger partial charge is 0.131 e. The van der Waals surface area contributed by atoms with Gasteiger partial charge in [0.25, 0.3) is 0 Å². The van der Waals surface area contributed by atoms with Crippen LogP contribution in [0.1, 0.15) is 11.1 Å². The van der Waals surface area contributed by atoms with Crippen molar-refractivity contribution in [2.75, 3.05) is 14.2 Å². The van der Waals surface area contributed by atoms with Crippen molar-refractivity contribution >= 4 is 5.76 Å². The molecule has 0 atom stereocenters. The van der Waals surface area contributed by atoms with Crippen LogP contribution in [-0.2, 0) is 6.42 Å². The molecular weight excluding hydrogens is 252 g/mol. The van der Waals surface area contributed by atoms with Gasteiger partial charge in [0, 0.05) is 11.1 Å². The predicted octanol–water partition coefficient (Wildman–Crippen LogP) is 3.68. The first-order valence-corrected chi connectivity index (χ1v) is 6.49. The third kappa shape index (κ3) is 2.35. The van der Waals surface area contributed by atoms with Crippen LogP contribution in [0.25, 0.3) is 5.76 Å². The molecule has 3 rings (SSSR count). The van der Waals surface area contributed by atoms with Crippen molar-refractivity contribution < 1.29 is 14.2 Å². The van der Waals surface area contributed by atoms with E-state index < -0.39 is 0 Å². The minimum atomic E-state index is 0.841. The molecule has 0 spiro atoms. The molecule has 20 heavy (non-hydrogen) atoms. The molecule has 0 saturated heterocycles. The molecule has 3 nitrogen and oxygen atoms in total. The van der Waals surface area contributed by atoms with E-state index in [0.717, 1.165) is 40.6 Å². The van der Waals surface area contributed by atoms with Crippen LogP contribution in [0.15, 0.2) is 48.5 Å². The van der Waals surface area contributed by atoms with E-state index in [9.17, 15) is 0 Å². The van der Waals surface area contributed by atoms with E-state index in [1.807, 2.05) is 42.5 Å². The Morgan fingerprint density at radius 2 is 1.60 bits per heavy atom. The Morgan fingerprint density at radius 1 is 0.900 bits per heavy atom. The van der Waals surface area contributed by atoms with Gasteiger partial charge in [0.15, 0.2) is 0 Å². The number of ether oxygens (including phenoxy) is 3. The van der Waals surface area contributed by atoms with E-state index >= 15 is 0 Å². The van der Waals surface area contributed by atoms with Crippen molar-refractivity contribution in [3.8, 4) is 17.2 Å². The van der Waals surface area contributed by atoms with Crippen LogP contribution in [0.2, 0.25) is 0 Å². The lowest BCUT2D eigenvalue weighted by Gasteiger charge is -2.19. The summed E-state index contributed by atoms with van der Waals surface area (Å²) in [6.07, 6.45) is 2.93. The average molecular weight is 268 g/mol. The van der Waals surface area contributed by atoms with Crippen molar-refractivity contribution in [1.82, 2.24) is 0 Å². The third-order valence-corrected chi connectivity index (χ3v) is 3.37. The van der Waals surface area contributed by atoms with Gasteiger partial charge in [0.1, 0.15) is 23.0 Å². The molecule has 0 radical (unpaired) electrons. The van der Waals surface area contributed by atoms with Gasteiger partial charge in [0.2, 0.25) is 0 Å². The first-order chi connectivity index (χ1) is 9.80. The van der Waals surface area contributed by atoms with Crippen LogP contribution < -0.4 is 14.2 Å². The molecule has 0 aromatic heterocycles. The summed E-state index contributed by atoms with van der Waals surface area (Å²) in [5.74, 6) is 3.47. The molecule has 1 aliphatic heterocycles. The molecule has 2 aromatic carbocycles. The Morgan fingerprint density at radius 3 is 2.30 bits per heavy atom. The third-order valence-electron chi connectivity index (χ3n) is 3.37. The molecule has 0 saturated carbocycles. The molecule has 0 N–H and O–H groups in total. The van der Waals surface area contributed by atoms with Crippen molar-refractivity contribution in [3.63, 3.8) is 0 Å². The van der Waals surface area contributed by atoms with Crippen molar-refractivity contribution in [2.45, 2.75) is 6.42 Å². The highest BCUT2D eigenvalue weighted by Gasteiger charge is 2.14. The first kappa shape index (κ1) is 12.6. The lowest BCUT2D eigenvalue weighted by molar-refractivity contribution is 0.412. The van der Waals surface area contributed by atoms with Crippen LogP contribution >= 0.6 is 0 Å². The molecule has 2 aromatic rings. The van der Waals surface area contributed by atoms with E-state index in [1.165, 1.54) is 0 Å². The minimum absolute atomic E-state index is 0.841. The number of hydrogen-bond donors (Lipinski definition) is 0. The highest BCUT2D eigenvalue weighted by molar-refractivity contribution is 5.66. The molecule has 0 unspecified atom stereocenters. The normalized spacial score (nSPS) is 13.0. The predicted molar refractivity (Wildman–Crippen MR) is 78.3 cm³/mol. The Hall–Kier alpha value is -2.42. The van der Waals surface area contributed by atoms with Gasteiger partial charge < -0.3 is 14.2 Å². The fraction of sp³-hybridized carbons (Fsp3) is 0.176. The topological polar surface area (TPSA) is 27.7 Å². The zero-order valence-electron chi connectivity index (χ0n) is 11.6. The van der Waals surface area contributed by atoms with Gasteiger partial charge in [-0.3, -0.25) is 0 Å². The Kier molecular flexibility index (Phi) is 3.33. The van der Waals surface area contributed by atoms with E-state index in [2.05, 4.69) is 6.08 Å². The molecule has 102 valence electrons. The molecular formula is C17H16O3. The molecule has 1 heterocycles. The van der Waals surface area contributed by atoms with Crippen LogP contribution in [0.4, 0.5) is 0 Å². The summed E-state index contributed by atoms with van der Waals surface area (Å²) in [7, 11) is 3.33. The highest BCUT2D eigenvalue weighted by atomic mass is 16.5. The molecule has 0 bridgehead atoms. The first-order valence-electron chi connectivity index (χ1n) is 6.49. The summed E-state index contributed by atoms with van der Waals surface area (Å²) in [5, 5.41) is 0. The van der Waals surface area contributed by atoms with Crippen LogP contribution in [-0.4, -0.2) is 14.2 Å². The fourth-order valence-corrected chi connectivity index (χ4v) is 2.24. The van der Waals surface area contributed by atoms with E-state index in [4.69, 9.17) is 14.2 Å². The molecule has 0 fully saturated rings.